The molecule has 3 amide bonds. The van der Waals surface area contributed by atoms with E-state index in [2.05, 4.69) is 20.1 Å². The molecule has 3 aliphatic rings. The van der Waals surface area contributed by atoms with Crippen LogP contribution in [0.1, 0.15) is 66.2 Å². The molecule has 37 heavy (non-hydrogen) atoms. The highest BCUT2D eigenvalue weighted by Crippen LogP contribution is 2.59. The van der Waals surface area contributed by atoms with E-state index in [0.717, 1.165) is 25.7 Å². The molecule has 0 aromatic rings. The van der Waals surface area contributed by atoms with E-state index in [4.69, 9.17) is 4.74 Å². The number of nitrogens with zero attached hydrogens (tertiary/aromatic N) is 3. The molecule has 0 aromatic heterocycles. The standard InChI is InChI=1S/C29H47N3O5/c1-7-12-18-31(17-10-4)28(36)25-29-14-13-22(37-29)23(26(34)30(15-8-2)16-9-3)24(29)27(35)32(25)21(19-33)20(6)11-5/h8,10,20-25,33H,2,4,7,9,11-19H2,1,3,5-6H3/t20-,21-,22-,23+,24-,25?,29?/m0/s1. The topological polar surface area (TPSA) is 90.4 Å². The van der Waals surface area contributed by atoms with Gasteiger partial charge < -0.3 is 24.5 Å². The normalized spacial score (nSPS) is 29.6. The summed E-state index contributed by atoms with van der Waals surface area (Å²) >= 11 is 0. The van der Waals surface area contributed by atoms with Gasteiger partial charge in [-0.05, 0) is 31.6 Å². The Kier molecular flexibility index (Phi) is 9.98. The highest BCUT2D eigenvalue weighted by Gasteiger charge is 2.75. The van der Waals surface area contributed by atoms with Crippen LogP contribution in [-0.4, -0.2) is 94.1 Å². The summed E-state index contributed by atoms with van der Waals surface area (Å²) in [6, 6.07) is -1.39. The Morgan fingerprint density at radius 3 is 2.32 bits per heavy atom. The molecule has 0 radical (unpaired) electrons. The maximum Gasteiger partial charge on any atom is 0.248 e. The summed E-state index contributed by atoms with van der Waals surface area (Å²) in [5, 5.41) is 10.5. The molecular weight excluding hydrogens is 470 g/mol. The van der Waals surface area contributed by atoms with Gasteiger partial charge in [0.05, 0.1) is 30.6 Å². The molecule has 1 spiro atoms. The van der Waals surface area contributed by atoms with Crippen molar-refractivity contribution in [2.45, 2.75) is 90.0 Å². The van der Waals surface area contributed by atoms with E-state index >= 15 is 0 Å². The van der Waals surface area contributed by atoms with Gasteiger partial charge in [0.2, 0.25) is 17.7 Å². The number of hydrogen-bond acceptors (Lipinski definition) is 5. The first-order valence-corrected chi connectivity index (χ1v) is 14.2. The van der Waals surface area contributed by atoms with Crippen molar-refractivity contribution in [1.29, 1.82) is 0 Å². The molecule has 3 rings (SSSR count). The van der Waals surface area contributed by atoms with Crippen molar-refractivity contribution < 1.29 is 24.2 Å². The minimum Gasteiger partial charge on any atom is -0.394 e. The Hall–Kier alpha value is -2.19. The Balaban J connectivity index is 2.10. The summed E-state index contributed by atoms with van der Waals surface area (Å²) in [6.07, 6.45) is 7.52. The third-order valence-corrected chi connectivity index (χ3v) is 8.70. The molecule has 208 valence electrons. The maximum absolute atomic E-state index is 14.3. The number of aliphatic hydroxyl groups is 1. The zero-order chi connectivity index (χ0) is 27.3. The summed E-state index contributed by atoms with van der Waals surface area (Å²) in [7, 11) is 0. The Morgan fingerprint density at radius 2 is 1.78 bits per heavy atom. The average Bonchev–Trinajstić information content (AvgIpc) is 3.53. The first-order valence-electron chi connectivity index (χ1n) is 14.2. The van der Waals surface area contributed by atoms with Crippen LogP contribution in [0, 0.1) is 17.8 Å². The van der Waals surface area contributed by atoms with Crippen molar-refractivity contribution in [1.82, 2.24) is 14.7 Å². The molecule has 3 saturated heterocycles. The number of aliphatic hydroxyl groups excluding tert-OH is 1. The monoisotopic (exact) mass is 517 g/mol. The smallest absolute Gasteiger partial charge is 0.248 e. The second-order valence-electron chi connectivity index (χ2n) is 10.9. The number of ether oxygens (including phenoxy) is 1. The lowest BCUT2D eigenvalue weighted by atomic mass is 9.70. The summed E-state index contributed by atoms with van der Waals surface area (Å²) in [5.41, 5.74) is -1.06. The van der Waals surface area contributed by atoms with Crippen LogP contribution < -0.4 is 0 Å². The van der Waals surface area contributed by atoms with Gasteiger partial charge in [-0.25, -0.2) is 0 Å². The van der Waals surface area contributed by atoms with Crippen LogP contribution in [0.4, 0.5) is 0 Å². The first kappa shape index (κ1) is 29.4. The molecule has 3 aliphatic heterocycles. The number of fused-ring (bicyclic) bond motifs is 1. The van der Waals surface area contributed by atoms with Crippen LogP contribution >= 0.6 is 0 Å². The zero-order valence-corrected chi connectivity index (χ0v) is 23.2. The molecule has 7 atom stereocenters. The van der Waals surface area contributed by atoms with Crippen LogP contribution in [0.5, 0.6) is 0 Å². The number of carbonyl (C=O) groups is 3. The molecule has 3 heterocycles. The van der Waals surface area contributed by atoms with Crippen molar-refractivity contribution in [3.63, 3.8) is 0 Å². The van der Waals surface area contributed by atoms with E-state index in [-0.39, 0.29) is 36.4 Å². The van der Waals surface area contributed by atoms with Crippen LogP contribution in [0.15, 0.2) is 25.3 Å². The lowest BCUT2D eigenvalue weighted by molar-refractivity contribution is -0.153. The highest BCUT2D eigenvalue weighted by molar-refractivity contribution is 5.99. The fourth-order valence-electron chi connectivity index (χ4n) is 6.72. The Labute approximate surface area is 222 Å². The molecule has 8 nitrogen and oxygen atoms in total. The number of hydrogen-bond donors (Lipinski definition) is 1. The third kappa shape index (κ3) is 5.11. The van der Waals surface area contributed by atoms with E-state index in [1.807, 2.05) is 20.8 Å². The largest absolute Gasteiger partial charge is 0.394 e. The van der Waals surface area contributed by atoms with Crippen molar-refractivity contribution >= 4 is 17.7 Å². The summed E-state index contributed by atoms with van der Waals surface area (Å²) in [5.74, 6) is -1.89. The highest BCUT2D eigenvalue weighted by atomic mass is 16.5. The van der Waals surface area contributed by atoms with Crippen LogP contribution in [0.25, 0.3) is 0 Å². The number of likely N-dealkylation sites (tertiary alicyclic amines) is 1. The number of amides is 3. The van der Waals surface area contributed by atoms with Crippen molar-refractivity contribution in [2.24, 2.45) is 17.8 Å². The van der Waals surface area contributed by atoms with E-state index in [9.17, 15) is 19.5 Å². The zero-order valence-electron chi connectivity index (χ0n) is 23.2. The number of rotatable bonds is 15. The molecule has 0 aliphatic carbocycles. The van der Waals surface area contributed by atoms with Gasteiger partial charge in [0.15, 0.2) is 0 Å². The quantitative estimate of drug-likeness (QED) is 0.337. The summed E-state index contributed by atoms with van der Waals surface area (Å²) in [4.78, 5) is 47.6. The molecule has 8 heteroatoms. The third-order valence-electron chi connectivity index (χ3n) is 8.70. The van der Waals surface area contributed by atoms with Crippen LogP contribution in [-0.2, 0) is 19.1 Å². The lowest BCUT2D eigenvalue weighted by Gasteiger charge is -2.41. The van der Waals surface area contributed by atoms with Gasteiger partial charge in [-0.1, -0.05) is 52.7 Å². The van der Waals surface area contributed by atoms with E-state index in [0.29, 0.717) is 39.0 Å². The molecule has 2 bridgehead atoms. The van der Waals surface area contributed by atoms with Crippen LogP contribution in [0.2, 0.25) is 0 Å². The molecule has 0 aromatic carbocycles. The SMILES string of the molecule is C=CCN(CCCC)C(=O)C1N([C@@H](CO)[C@@H](C)CC)C(=O)[C@@H]2[C@H](C(=O)N(CC=C)CCC)[C@@H]3CCC12O3. The maximum atomic E-state index is 14.3. The molecule has 2 unspecified atom stereocenters. The van der Waals surface area contributed by atoms with E-state index < -0.39 is 29.5 Å². The second kappa shape index (κ2) is 12.6. The van der Waals surface area contributed by atoms with Gasteiger partial charge in [-0.15, -0.1) is 13.2 Å². The van der Waals surface area contributed by atoms with Gasteiger partial charge in [0.25, 0.3) is 0 Å². The number of unbranched alkanes of at least 4 members (excludes halogenated alkanes) is 1. The van der Waals surface area contributed by atoms with Crippen molar-refractivity contribution in [3.8, 4) is 0 Å². The Morgan fingerprint density at radius 1 is 1.14 bits per heavy atom. The minimum absolute atomic E-state index is 0.0216. The van der Waals surface area contributed by atoms with Gasteiger partial charge in [-0.2, -0.15) is 0 Å². The van der Waals surface area contributed by atoms with Gasteiger partial charge in [0, 0.05) is 26.2 Å². The molecule has 0 saturated carbocycles. The molecule has 3 fully saturated rings. The predicted octanol–water partition coefficient (Wildman–Crippen LogP) is 3.01. The summed E-state index contributed by atoms with van der Waals surface area (Å²) < 4.78 is 6.61. The molecular formula is C29H47N3O5. The minimum atomic E-state index is -1.06. The van der Waals surface area contributed by atoms with Crippen molar-refractivity contribution in [2.75, 3.05) is 32.8 Å². The van der Waals surface area contributed by atoms with Gasteiger partial charge in [0.1, 0.15) is 11.6 Å². The number of carbonyl (C=O) groups excluding carboxylic acids is 3. The first-order chi connectivity index (χ1) is 17.8. The molecule has 1 N–H and O–H groups in total. The van der Waals surface area contributed by atoms with E-state index in [1.165, 1.54) is 0 Å². The van der Waals surface area contributed by atoms with Gasteiger partial charge in [-0.3, -0.25) is 14.4 Å². The lowest BCUT2D eigenvalue weighted by Crippen LogP contribution is -2.59. The average molecular weight is 518 g/mol. The van der Waals surface area contributed by atoms with Gasteiger partial charge >= 0.3 is 0 Å². The van der Waals surface area contributed by atoms with Crippen molar-refractivity contribution in [3.05, 3.63) is 25.3 Å². The van der Waals surface area contributed by atoms with E-state index in [1.54, 1.807) is 26.9 Å². The Bertz CT molecular complexity index is 862. The van der Waals surface area contributed by atoms with Crippen LogP contribution in [0.3, 0.4) is 0 Å². The fraction of sp³-hybridized carbons (Fsp3) is 0.759. The fourth-order valence-corrected chi connectivity index (χ4v) is 6.72. The summed E-state index contributed by atoms with van der Waals surface area (Å²) in [6.45, 7) is 17.4. The second-order valence-corrected chi connectivity index (χ2v) is 10.9. The predicted molar refractivity (Wildman–Crippen MR) is 144 cm³/mol.